The highest BCUT2D eigenvalue weighted by molar-refractivity contribution is 9.10. The fraction of sp³-hybridized carbons (Fsp3) is 0.600. The molecule has 18 heavy (non-hydrogen) atoms. The Hall–Kier alpha value is -0.540. The van der Waals surface area contributed by atoms with Gasteiger partial charge in [-0.2, -0.15) is 0 Å². The van der Waals surface area contributed by atoms with E-state index < -0.39 is 5.60 Å². The summed E-state index contributed by atoms with van der Waals surface area (Å²) in [6.45, 7) is 2.99. The summed E-state index contributed by atoms with van der Waals surface area (Å²) in [4.78, 5) is 0. The first-order valence-corrected chi connectivity index (χ1v) is 7.51. The standard InChI is InChI=1S/C15H19BrO2/c1-10-2-4-15(17,8-10)9-12-7-13(16)6-11-3-5-18-14(11)12/h6-7,10,17H,2-5,8-9H2,1H3. The average Bonchev–Trinajstić information content (AvgIpc) is 2.85. The molecule has 1 N–H and O–H groups in total. The van der Waals surface area contributed by atoms with Crippen molar-refractivity contribution in [1.29, 1.82) is 0 Å². The van der Waals surface area contributed by atoms with Crippen LogP contribution in [0.5, 0.6) is 5.75 Å². The lowest BCUT2D eigenvalue weighted by molar-refractivity contribution is 0.0440. The van der Waals surface area contributed by atoms with E-state index in [4.69, 9.17) is 4.74 Å². The van der Waals surface area contributed by atoms with E-state index in [1.54, 1.807) is 0 Å². The van der Waals surface area contributed by atoms with Crippen LogP contribution in [0.15, 0.2) is 16.6 Å². The average molecular weight is 311 g/mol. The van der Waals surface area contributed by atoms with E-state index in [0.717, 1.165) is 54.5 Å². The van der Waals surface area contributed by atoms with Gasteiger partial charge in [0.15, 0.2) is 0 Å². The maximum absolute atomic E-state index is 10.7. The van der Waals surface area contributed by atoms with Crippen LogP contribution in [0.3, 0.4) is 0 Å². The molecule has 2 aliphatic rings. The van der Waals surface area contributed by atoms with Gasteiger partial charge in [0.1, 0.15) is 5.75 Å². The van der Waals surface area contributed by atoms with Crippen LogP contribution in [-0.4, -0.2) is 17.3 Å². The molecule has 1 fully saturated rings. The van der Waals surface area contributed by atoms with Gasteiger partial charge < -0.3 is 9.84 Å². The molecule has 0 bridgehead atoms. The number of rotatable bonds is 2. The normalized spacial score (nSPS) is 30.3. The summed E-state index contributed by atoms with van der Waals surface area (Å²) in [5, 5.41) is 10.7. The maximum atomic E-state index is 10.7. The summed E-state index contributed by atoms with van der Waals surface area (Å²) < 4.78 is 6.83. The summed E-state index contributed by atoms with van der Waals surface area (Å²) in [6, 6.07) is 4.23. The molecule has 0 amide bonds. The molecule has 3 rings (SSSR count). The fourth-order valence-corrected chi connectivity index (χ4v) is 3.91. The molecule has 0 spiro atoms. The van der Waals surface area contributed by atoms with Crippen molar-refractivity contribution in [1.82, 2.24) is 0 Å². The Labute approximate surface area is 116 Å². The number of benzene rings is 1. The molecule has 98 valence electrons. The lowest BCUT2D eigenvalue weighted by Gasteiger charge is -2.24. The maximum Gasteiger partial charge on any atom is 0.125 e. The zero-order valence-electron chi connectivity index (χ0n) is 10.7. The fourth-order valence-electron chi connectivity index (χ4n) is 3.36. The minimum absolute atomic E-state index is 0.528. The third kappa shape index (κ3) is 2.30. The van der Waals surface area contributed by atoms with Crippen molar-refractivity contribution in [3.05, 3.63) is 27.7 Å². The van der Waals surface area contributed by atoms with Crippen LogP contribution in [0.4, 0.5) is 0 Å². The Bertz CT molecular complexity index is 472. The van der Waals surface area contributed by atoms with Gasteiger partial charge in [-0.05, 0) is 48.4 Å². The molecule has 0 saturated heterocycles. The molecule has 1 aromatic rings. The second-order valence-corrected chi connectivity index (χ2v) is 6.82. The van der Waals surface area contributed by atoms with Crippen molar-refractivity contribution in [2.24, 2.45) is 5.92 Å². The minimum Gasteiger partial charge on any atom is -0.493 e. The number of hydrogen-bond donors (Lipinski definition) is 1. The van der Waals surface area contributed by atoms with E-state index in [-0.39, 0.29) is 0 Å². The smallest absolute Gasteiger partial charge is 0.125 e. The van der Waals surface area contributed by atoms with Crippen molar-refractivity contribution in [3.8, 4) is 5.75 Å². The van der Waals surface area contributed by atoms with Crippen LogP contribution in [0, 0.1) is 5.92 Å². The van der Waals surface area contributed by atoms with Crippen molar-refractivity contribution < 1.29 is 9.84 Å². The van der Waals surface area contributed by atoms with Gasteiger partial charge in [-0.25, -0.2) is 0 Å². The van der Waals surface area contributed by atoms with Gasteiger partial charge in [-0.3, -0.25) is 0 Å². The van der Waals surface area contributed by atoms with Crippen LogP contribution in [0.2, 0.25) is 0 Å². The predicted molar refractivity (Wildman–Crippen MR) is 75.0 cm³/mol. The van der Waals surface area contributed by atoms with E-state index in [1.807, 2.05) is 0 Å². The number of ether oxygens (including phenoxy) is 1. The Balaban J connectivity index is 1.89. The van der Waals surface area contributed by atoms with Gasteiger partial charge >= 0.3 is 0 Å². The van der Waals surface area contributed by atoms with E-state index in [2.05, 4.69) is 35.0 Å². The topological polar surface area (TPSA) is 29.5 Å². The van der Waals surface area contributed by atoms with Gasteiger partial charge in [-0.15, -0.1) is 0 Å². The van der Waals surface area contributed by atoms with Gasteiger partial charge in [0, 0.05) is 17.3 Å². The summed E-state index contributed by atoms with van der Waals surface area (Å²) in [7, 11) is 0. The third-order valence-electron chi connectivity index (χ3n) is 4.18. The molecule has 1 aliphatic carbocycles. The summed E-state index contributed by atoms with van der Waals surface area (Å²) >= 11 is 3.56. The SMILES string of the molecule is CC1CCC(O)(Cc2cc(Br)cc3c2OCC3)C1. The Morgan fingerprint density at radius 1 is 1.50 bits per heavy atom. The highest BCUT2D eigenvalue weighted by Gasteiger charge is 2.36. The van der Waals surface area contributed by atoms with E-state index >= 15 is 0 Å². The second-order valence-electron chi connectivity index (χ2n) is 5.90. The van der Waals surface area contributed by atoms with Crippen molar-refractivity contribution >= 4 is 15.9 Å². The second kappa shape index (κ2) is 4.53. The molecule has 0 aromatic heterocycles. The molecule has 2 atom stereocenters. The molecular weight excluding hydrogens is 292 g/mol. The molecule has 2 unspecified atom stereocenters. The lowest BCUT2D eigenvalue weighted by atomic mass is 9.91. The molecule has 1 aliphatic heterocycles. The quantitative estimate of drug-likeness (QED) is 0.906. The molecule has 3 heteroatoms. The van der Waals surface area contributed by atoms with E-state index in [9.17, 15) is 5.11 Å². The number of halogens is 1. The van der Waals surface area contributed by atoms with Crippen LogP contribution < -0.4 is 4.74 Å². The summed E-state index contributed by atoms with van der Waals surface area (Å²) in [6.07, 6.45) is 4.66. The number of hydrogen-bond acceptors (Lipinski definition) is 2. The van der Waals surface area contributed by atoms with E-state index in [0.29, 0.717) is 5.92 Å². The Kier molecular flexibility index (Phi) is 3.15. The van der Waals surface area contributed by atoms with Gasteiger partial charge in [-0.1, -0.05) is 22.9 Å². The first-order chi connectivity index (χ1) is 8.56. The summed E-state index contributed by atoms with van der Waals surface area (Å²) in [5.41, 5.74) is 1.91. The molecule has 1 aromatic carbocycles. The molecule has 1 saturated carbocycles. The first-order valence-electron chi connectivity index (χ1n) is 6.72. The molecule has 1 heterocycles. The van der Waals surface area contributed by atoms with Crippen molar-refractivity contribution in [3.63, 3.8) is 0 Å². The Morgan fingerprint density at radius 3 is 3.06 bits per heavy atom. The van der Waals surface area contributed by atoms with Crippen LogP contribution >= 0.6 is 15.9 Å². The Morgan fingerprint density at radius 2 is 2.33 bits per heavy atom. The lowest BCUT2D eigenvalue weighted by Crippen LogP contribution is -2.27. The zero-order chi connectivity index (χ0) is 12.8. The van der Waals surface area contributed by atoms with Crippen molar-refractivity contribution in [2.75, 3.05) is 6.61 Å². The minimum atomic E-state index is -0.528. The van der Waals surface area contributed by atoms with Crippen LogP contribution in [-0.2, 0) is 12.8 Å². The highest BCUT2D eigenvalue weighted by atomic mass is 79.9. The monoisotopic (exact) mass is 310 g/mol. The molecular formula is C15H19BrO2. The van der Waals surface area contributed by atoms with E-state index in [1.165, 1.54) is 5.56 Å². The largest absolute Gasteiger partial charge is 0.493 e. The molecule has 2 nitrogen and oxygen atoms in total. The first kappa shape index (κ1) is 12.5. The van der Waals surface area contributed by atoms with Crippen molar-refractivity contribution in [2.45, 2.75) is 44.6 Å². The zero-order valence-corrected chi connectivity index (χ0v) is 12.3. The third-order valence-corrected chi connectivity index (χ3v) is 4.63. The number of aliphatic hydroxyl groups is 1. The van der Waals surface area contributed by atoms with Crippen LogP contribution in [0.25, 0.3) is 0 Å². The predicted octanol–water partition coefficient (Wildman–Crippen LogP) is 3.48. The summed E-state index contributed by atoms with van der Waals surface area (Å²) in [5.74, 6) is 1.65. The molecule has 0 radical (unpaired) electrons. The van der Waals surface area contributed by atoms with Gasteiger partial charge in [0.05, 0.1) is 12.2 Å². The highest BCUT2D eigenvalue weighted by Crippen LogP contribution is 2.41. The number of fused-ring (bicyclic) bond motifs is 1. The van der Waals surface area contributed by atoms with Crippen LogP contribution in [0.1, 0.15) is 37.3 Å². The van der Waals surface area contributed by atoms with Gasteiger partial charge in [0.2, 0.25) is 0 Å². The van der Waals surface area contributed by atoms with Gasteiger partial charge in [0.25, 0.3) is 0 Å².